The Kier molecular flexibility index (Phi) is 2.50. The summed E-state index contributed by atoms with van der Waals surface area (Å²) >= 11 is 11.2. The molecule has 0 atom stereocenters. The molecule has 2 rings (SSSR count). The molecule has 3 heteroatoms. The Morgan fingerprint density at radius 3 is 2.75 bits per heavy atom. The summed E-state index contributed by atoms with van der Waals surface area (Å²) in [5.74, 6) is 0. The first kappa shape index (κ1) is 9.04. The summed E-state index contributed by atoms with van der Waals surface area (Å²) in [6.07, 6.45) is 3.86. The van der Waals surface area contributed by atoms with Crippen molar-refractivity contribution in [3.05, 3.63) is 21.3 Å². The maximum absolute atomic E-state index is 6.03. The van der Waals surface area contributed by atoms with E-state index >= 15 is 0 Å². The van der Waals surface area contributed by atoms with Crippen molar-refractivity contribution in [1.29, 1.82) is 0 Å². The van der Waals surface area contributed by atoms with E-state index in [0.29, 0.717) is 5.41 Å². The van der Waals surface area contributed by atoms with Gasteiger partial charge in [-0.1, -0.05) is 27.5 Å². The van der Waals surface area contributed by atoms with E-state index in [1.165, 1.54) is 18.4 Å². The van der Waals surface area contributed by atoms with Crippen LogP contribution in [0.15, 0.2) is 11.4 Å². The summed E-state index contributed by atoms with van der Waals surface area (Å²) in [6, 6.07) is 2.15. The molecule has 0 nitrogen and oxygen atoms in total. The average molecular weight is 266 g/mol. The molecule has 0 aromatic carbocycles. The third kappa shape index (κ3) is 1.70. The van der Waals surface area contributed by atoms with Gasteiger partial charge in [0.05, 0.1) is 4.34 Å². The zero-order valence-corrected chi connectivity index (χ0v) is 9.81. The fraction of sp³-hybridized carbons (Fsp3) is 0.556. The Morgan fingerprint density at radius 2 is 2.33 bits per heavy atom. The maximum atomic E-state index is 6.03. The van der Waals surface area contributed by atoms with Crippen molar-refractivity contribution in [2.75, 3.05) is 5.33 Å². The third-order valence-corrected chi connectivity index (χ3v) is 4.94. The minimum Gasteiger partial charge on any atom is -0.132 e. The molecular weight excluding hydrogens is 256 g/mol. The second-order valence-electron chi connectivity index (χ2n) is 3.53. The minimum atomic E-state index is 0.546. The van der Waals surface area contributed by atoms with Gasteiger partial charge in [-0.15, -0.1) is 11.3 Å². The first-order valence-corrected chi connectivity index (χ1v) is 6.41. The molecule has 0 radical (unpaired) electrons. The van der Waals surface area contributed by atoms with Crippen LogP contribution in [-0.4, -0.2) is 5.33 Å². The zero-order chi connectivity index (χ0) is 8.60. The Balaban J connectivity index is 2.08. The molecule has 0 unspecified atom stereocenters. The Labute approximate surface area is 90.1 Å². The largest absolute Gasteiger partial charge is 0.132 e. The smallest absolute Gasteiger partial charge is 0.0960 e. The number of rotatable bonds is 3. The minimum absolute atomic E-state index is 0.546. The number of hydrogen-bond acceptors (Lipinski definition) is 1. The van der Waals surface area contributed by atoms with Crippen LogP contribution in [0.5, 0.6) is 0 Å². The van der Waals surface area contributed by atoms with Gasteiger partial charge in [-0.05, 0) is 41.7 Å². The molecule has 1 aliphatic rings. The maximum Gasteiger partial charge on any atom is 0.0960 e. The van der Waals surface area contributed by atoms with E-state index in [2.05, 4.69) is 27.4 Å². The van der Waals surface area contributed by atoms with Crippen LogP contribution in [-0.2, 0) is 6.42 Å². The quantitative estimate of drug-likeness (QED) is 0.721. The summed E-state index contributed by atoms with van der Waals surface area (Å²) in [4.78, 5) is 0. The van der Waals surface area contributed by atoms with Crippen molar-refractivity contribution in [2.45, 2.75) is 19.3 Å². The highest BCUT2D eigenvalue weighted by atomic mass is 79.9. The Bertz CT molecular complexity index is 278. The van der Waals surface area contributed by atoms with Gasteiger partial charge in [0.2, 0.25) is 0 Å². The first-order valence-electron chi connectivity index (χ1n) is 4.04. The standard InChI is InChI=1S/C9H10BrClS/c10-6-9(2-3-9)5-7-1-4-12-8(7)11/h1,4H,2-3,5-6H2. The SMILES string of the molecule is Clc1sccc1CC1(CBr)CC1. The van der Waals surface area contributed by atoms with Crippen molar-refractivity contribution < 1.29 is 0 Å². The van der Waals surface area contributed by atoms with E-state index in [1.807, 2.05) is 0 Å². The summed E-state index contributed by atoms with van der Waals surface area (Å²) in [7, 11) is 0. The van der Waals surface area contributed by atoms with E-state index < -0.39 is 0 Å². The van der Waals surface area contributed by atoms with Crippen molar-refractivity contribution in [2.24, 2.45) is 5.41 Å². The molecule has 1 saturated carbocycles. The van der Waals surface area contributed by atoms with Gasteiger partial charge in [0.1, 0.15) is 0 Å². The van der Waals surface area contributed by atoms with E-state index in [-0.39, 0.29) is 0 Å². The lowest BCUT2D eigenvalue weighted by Crippen LogP contribution is -2.05. The molecule has 66 valence electrons. The van der Waals surface area contributed by atoms with Gasteiger partial charge in [0.25, 0.3) is 0 Å². The van der Waals surface area contributed by atoms with E-state index in [0.717, 1.165) is 16.1 Å². The fourth-order valence-corrected chi connectivity index (χ4v) is 3.07. The molecule has 0 saturated heterocycles. The average Bonchev–Trinajstić information content (AvgIpc) is 2.74. The second-order valence-corrected chi connectivity index (χ2v) is 5.61. The topological polar surface area (TPSA) is 0 Å². The number of thiophene rings is 1. The van der Waals surface area contributed by atoms with Crippen LogP contribution in [0, 0.1) is 5.41 Å². The summed E-state index contributed by atoms with van der Waals surface area (Å²) in [6.45, 7) is 0. The van der Waals surface area contributed by atoms with Crippen LogP contribution in [0.3, 0.4) is 0 Å². The van der Waals surface area contributed by atoms with Crippen molar-refractivity contribution in [3.63, 3.8) is 0 Å². The summed E-state index contributed by atoms with van der Waals surface area (Å²) in [5, 5.41) is 3.19. The van der Waals surface area contributed by atoms with Crippen LogP contribution in [0.4, 0.5) is 0 Å². The van der Waals surface area contributed by atoms with E-state index in [1.54, 1.807) is 11.3 Å². The van der Waals surface area contributed by atoms with Crippen molar-refractivity contribution >= 4 is 38.9 Å². The van der Waals surface area contributed by atoms with Gasteiger partial charge in [-0.2, -0.15) is 0 Å². The monoisotopic (exact) mass is 264 g/mol. The second kappa shape index (κ2) is 3.32. The van der Waals surface area contributed by atoms with E-state index in [4.69, 9.17) is 11.6 Å². The van der Waals surface area contributed by atoms with Crippen molar-refractivity contribution in [3.8, 4) is 0 Å². The molecule has 1 aromatic rings. The molecule has 0 amide bonds. The molecule has 12 heavy (non-hydrogen) atoms. The number of alkyl halides is 1. The summed E-state index contributed by atoms with van der Waals surface area (Å²) < 4.78 is 0.974. The van der Waals surface area contributed by atoms with Gasteiger partial charge in [0.15, 0.2) is 0 Å². The molecule has 0 aliphatic heterocycles. The van der Waals surface area contributed by atoms with Gasteiger partial charge >= 0.3 is 0 Å². The lowest BCUT2D eigenvalue weighted by Gasteiger charge is -2.09. The zero-order valence-electron chi connectivity index (χ0n) is 6.65. The first-order chi connectivity index (χ1) is 5.76. The fourth-order valence-electron chi connectivity index (χ4n) is 1.38. The number of hydrogen-bond donors (Lipinski definition) is 0. The van der Waals surface area contributed by atoms with Gasteiger partial charge in [-0.25, -0.2) is 0 Å². The molecule has 1 aromatic heterocycles. The Hall–Kier alpha value is 0.470. The molecule has 0 spiro atoms. The molecule has 1 heterocycles. The molecular formula is C9H10BrClS. The highest BCUT2D eigenvalue weighted by Gasteiger charge is 2.41. The molecule has 1 fully saturated rings. The van der Waals surface area contributed by atoms with Gasteiger partial charge in [0, 0.05) is 5.33 Å². The predicted octanol–water partition coefficient (Wildman–Crippen LogP) is 4.12. The molecule has 0 N–H and O–H groups in total. The lowest BCUT2D eigenvalue weighted by molar-refractivity contribution is 0.588. The van der Waals surface area contributed by atoms with Gasteiger partial charge < -0.3 is 0 Å². The van der Waals surface area contributed by atoms with Crippen molar-refractivity contribution in [1.82, 2.24) is 0 Å². The molecule has 1 aliphatic carbocycles. The highest BCUT2D eigenvalue weighted by Crippen LogP contribution is 2.50. The lowest BCUT2D eigenvalue weighted by atomic mass is 10.0. The Morgan fingerprint density at radius 1 is 1.58 bits per heavy atom. The third-order valence-electron chi connectivity index (χ3n) is 2.50. The predicted molar refractivity (Wildman–Crippen MR) is 58.5 cm³/mol. The van der Waals surface area contributed by atoms with Crippen LogP contribution < -0.4 is 0 Å². The van der Waals surface area contributed by atoms with Crippen LogP contribution in [0.25, 0.3) is 0 Å². The number of halogens is 2. The van der Waals surface area contributed by atoms with Crippen LogP contribution in [0.2, 0.25) is 4.34 Å². The van der Waals surface area contributed by atoms with Crippen LogP contribution in [0.1, 0.15) is 18.4 Å². The molecule has 0 bridgehead atoms. The van der Waals surface area contributed by atoms with Crippen LogP contribution >= 0.6 is 38.9 Å². The van der Waals surface area contributed by atoms with E-state index in [9.17, 15) is 0 Å². The normalized spacial score (nSPS) is 19.5. The summed E-state index contributed by atoms with van der Waals surface area (Å²) in [5.41, 5.74) is 1.88. The highest BCUT2D eigenvalue weighted by molar-refractivity contribution is 9.09. The van der Waals surface area contributed by atoms with Gasteiger partial charge in [-0.3, -0.25) is 0 Å².